The molecule has 196 valence electrons. The van der Waals surface area contributed by atoms with Gasteiger partial charge in [0, 0.05) is 12.6 Å². The Morgan fingerprint density at radius 3 is 2.29 bits per heavy atom. The van der Waals surface area contributed by atoms with E-state index in [1.807, 2.05) is 58.9 Å². The summed E-state index contributed by atoms with van der Waals surface area (Å²) in [6.07, 6.45) is 3.06. The molecule has 0 saturated carbocycles. The molecule has 0 heterocycles. The third-order valence-corrected chi connectivity index (χ3v) is 5.18. The standard InChI is InChI=1S/C28H45N3O4/c1-10-12-16-31(26(33)23(17-19(3)4)30-27(34)35-28(7,8)9)24(25(32)29-20(5)6)22-15-13-14-21(11-2)18-22/h11,13-15,18-20,23-24H,2,10,12,16-17H2,1,3-9H3,(H,29,32)(H,30,34). The van der Waals surface area contributed by atoms with Gasteiger partial charge in [0.25, 0.3) is 0 Å². The summed E-state index contributed by atoms with van der Waals surface area (Å²) in [7, 11) is 0. The molecule has 0 aromatic heterocycles. The van der Waals surface area contributed by atoms with Crippen LogP contribution in [0.2, 0.25) is 0 Å². The molecule has 0 spiro atoms. The number of alkyl carbamates (subject to hydrolysis) is 1. The fourth-order valence-electron chi connectivity index (χ4n) is 3.73. The van der Waals surface area contributed by atoms with Gasteiger partial charge in [-0.05, 0) is 70.6 Å². The molecule has 1 aromatic carbocycles. The van der Waals surface area contributed by atoms with Gasteiger partial charge in [-0.25, -0.2) is 4.79 Å². The highest BCUT2D eigenvalue weighted by atomic mass is 16.6. The maximum Gasteiger partial charge on any atom is 0.408 e. The summed E-state index contributed by atoms with van der Waals surface area (Å²) in [5, 5.41) is 5.74. The second-order valence-electron chi connectivity index (χ2n) is 10.7. The third-order valence-electron chi connectivity index (χ3n) is 5.18. The Hall–Kier alpha value is -2.83. The Bertz CT molecular complexity index is 858. The highest BCUT2D eigenvalue weighted by molar-refractivity contribution is 5.92. The Labute approximate surface area is 211 Å². The molecular weight excluding hydrogens is 442 g/mol. The van der Waals surface area contributed by atoms with Crippen LogP contribution >= 0.6 is 0 Å². The van der Waals surface area contributed by atoms with Crippen LogP contribution in [-0.2, 0) is 14.3 Å². The summed E-state index contributed by atoms with van der Waals surface area (Å²) in [4.78, 5) is 41.7. The number of benzene rings is 1. The van der Waals surface area contributed by atoms with Gasteiger partial charge in [0.05, 0.1) is 0 Å². The van der Waals surface area contributed by atoms with Crippen molar-refractivity contribution in [3.05, 3.63) is 42.0 Å². The number of carbonyl (C=O) groups excluding carboxylic acids is 3. The van der Waals surface area contributed by atoms with E-state index in [2.05, 4.69) is 17.2 Å². The maximum absolute atomic E-state index is 14.0. The molecule has 1 aromatic rings. The summed E-state index contributed by atoms with van der Waals surface area (Å²) >= 11 is 0. The normalized spacial score (nSPS) is 13.2. The lowest BCUT2D eigenvalue weighted by Crippen LogP contribution is -2.54. The van der Waals surface area contributed by atoms with Gasteiger partial charge in [-0.2, -0.15) is 0 Å². The number of carbonyl (C=O) groups is 3. The van der Waals surface area contributed by atoms with E-state index < -0.39 is 23.8 Å². The van der Waals surface area contributed by atoms with E-state index in [1.165, 1.54) is 0 Å². The monoisotopic (exact) mass is 487 g/mol. The fraction of sp³-hybridized carbons (Fsp3) is 0.607. The van der Waals surface area contributed by atoms with Crippen molar-refractivity contribution in [1.82, 2.24) is 15.5 Å². The van der Waals surface area contributed by atoms with Crippen LogP contribution in [0.1, 0.15) is 91.8 Å². The van der Waals surface area contributed by atoms with Gasteiger partial charge in [-0.3, -0.25) is 9.59 Å². The van der Waals surface area contributed by atoms with E-state index in [4.69, 9.17) is 4.74 Å². The number of ether oxygens (including phenoxy) is 1. The molecule has 2 unspecified atom stereocenters. The van der Waals surface area contributed by atoms with Gasteiger partial charge >= 0.3 is 6.09 Å². The molecule has 0 fully saturated rings. The first kappa shape index (κ1) is 30.2. The van der Waals surface area contributed by atoms with Crippen LogP contribution in [0.4, 0.5) is 4.79 Å². The number of hydrogen-bond acceptors (Lipinski definition) is 4. The summed E-state index contributed by atoms with van der Waals surface area (Å²) < 4.78 is 5.43. The van der Waals surface area contributed by atoms with Gasteiger partial charge < -0.3 is 20.3 Å². The minimum Gasteiger partial charge on any atom is -0.444 e. The minimum absolute atomic E-state index is 0.0953. The van der Waals surface area contributed by atoms with Crippen molar-refractivity contribution in [2.75, 3.05) is 6.54 Å². The number of rotatable bonds is 12. The first-order valence-corrected chi connectivity index (χ1v) is 12.6. The van der Waals surface area contributed by atoms with Crippen molar-refractivity contribution in [3.63, 3.8) is 0 Å². The van der Waals surface area contributed by atoms with E-state index in [1.54, 1.807) is 31.7 Å². The van der Waals surface area contributed by atoms with Crippen LogP contribution in [0.25, 0.3) is 6.08 Å². The second kappa shape index (κ2) is 13.9. The van der Waals surface area contributed by atoms with Gasteiger partial charge in [-0.1, -0.05) is 58.0 Å². The average molecular weight is 488 g/mol. The van der Waals surface area contributed by atoms with Gasteiger partial charge in [0.1, 0.15) is 17.7 Å². The molecule has 0 radical (unpaired) electrons. The predicted molar refractivity (Wildman–Crippen MR) is 142 cm³/mol. The van der Waals surface area contributed by atoms with E-state index >= 15 is 0 Å². The van der Waals surface area contributed by atoms with Crippen molar-refractivity contribution < 1.29 is 19.1 Å². The number of nitrogens with zero attached hydrogens (tertiary/aromatic N) is 1. The molecule has 2 N–H and O–H groups in total. The molecule has 0 aliphatic carbocycles. The van der Waals surface area contributed by atoms with Gasteiger partial charge in [-0.15, -0.1) is 0 Å². The lowest BCUT2D eigenvalue weighted by Gasteiger charge is -2.35. The fourth-order valence-corrected chi connectivity index (χ4v) is 3.73. The van der Waals surface area contributed by atoms with Crippen LogP contribution in [0, 0.1) is 5.92 Å². The van der Waals surface area contributed by atoms with E-state index in [-0.39, 0.29) is 23.8 Å². The quantitative estimate of drug-likeness (QED) is 0.410. The number of unbranched alkanes of at least 4 members (excludes halogenated alkanes) is 1. The van der Waals surface area contributed by atoms with Gasteiger partial charge in [0.2, 0.25) is 11.8 Å². The molecule has 0 bridgehead atoms. The van der Waals surface area contributed by atoms with E-state index in [0.717, 1.165) is 18.4 Å². The van der Waals surface area contributed by atoms with Crippen LogP contribution in [0.3, 0.4) is 0 Å². The number of hydrogen-bond donors (Lipinski definition) is 2. The highest BCUT2D eigenvalue weighted by Crippen LogP contribution is 2.26. The first-order chi connectivity index (χ1) is 16.3. The number of nitrogens with one attached hydrogen (secondary N) is 2. The highest BCUT2D eigenvalue weighted by Gasteiger charge is 2.36. The zero-order valence-electron chi connectivity index (χ0n) is 22.8. The molecule has 35 heavy (non-hydrogen) atoms. The molecule has 2 atom stereocenters. The topological polar surface area (TPSA) is 87.7 Å². The Balaban J connectivity index is 3.50. The Morgan fingerprint density at radius 2 is 1.77 bits per heavy atom. The van der Waals surface area contributed by atoms with Crippen molar-refractivity contribution in [1.29, 1.82) is 0 Å². The molecule has 3 amide bonds. The van der Waals surface area contributed by atoms with Crippen LogP contribution in [0.5, 0.6) is 0 Å². The van der Waals surface area contributed by atoms with Crippen molar-refractivity contribution in [3.8, 4) is 0 Å². The van der Waals surface area contributed by atoms with Crippen molar-refractivity contribution >= 4 is 24.0 Å². The van der Waals surface area contributed by atoms with Crippen molar-refractivity contribution in [2.45, 2.75) is 98.4 Å². The van der Waals surface area contributed by atoms with E-state index in [0.29, 0.717) is 18.5 Å². The molecular formula is C28H45N3O4. The van der Waals surface area contributed by atoms with Gasteiger partial charge in [0.15, 0.2) is 0 Å². The SMILES string of the molecule is C=Cc1cccc(C(C(=O)NC(C)C)N(CCCC)C(=O)C(CC(C)C)NC(=O)OC(C)(C)C)c1. The smallest absolute Gasteiger partial charge is 0.408 e. The average Bonchev–Trinajstić information content (AvgIpc) is 2.73. The van der Waals surface area contributed by atoms with Crippen LogP contribution in [0.15, 0.2) is 30.8 Å². The zero-order valence-corrected chi connectivity index (χ0v) is 22.8. The Morgan fingerprint density at radius 1 is 1.11 bits per heavy atom. The summed E-state index contributed by atoms with van der Waals surface area (Å²) in [5.74, 6) is -0.420. The van der Waals surface area contributed by atoms with E-state index in [9.17, 15) is 14.4 Å². The molecule has 0 aliphatic heterocycles. The summed E-state index contributed by atoms with van der Waals surface area (Å²) in [5.41, 5.74) is 0.867. The third kappa shape index (κ3) is 10.5. The summed E-state index contributed by atoms with van der Waals surface area (Å²) in [6.45, 7) is 19.3. The molecule has 0 aliphatic rings. The minimum atomic E-state index is -0.841. The molecule has 7 heteroatoms. The Kier molecular flexibility index (Phi) is 12.0. The first-order valence-electron chi connectivity index (χ1n) is 12.6. The molecule has 0 saturated heterocycles. The lowest BCUT2D eigenvalue weighted by molar-refractivity contribution is -0.143. The van der Waals surface area contributed by atoms with Crippen LogP contribution in [-0.4, -0.2) is 47.0 Å². The second-order valence-corrected chi connectivity index (χ2v) is 10.7. The van der Waals surface area contributed by atoms with Crippen molar-refractivity contribution in [2.24, 2.45) is 5.92 Å². The predicted octanol–water partition coefficient (Wildman–Crippen LogP) is 5.46. The molecule has 7 nitrogen and oxygen atoms in total. The number of amides is 3. The van der Waals surface area contributed by atoms with Crippen LogP contribution < -0.4 is 10.6 Å². The maximum atomic E-state index is 14.0. The summed E-state index contributed by atoms with van der Waals surface area (Å²) in [6, 6.07) is 5.73. The zero-order chi connectivity index (χ0) is 26.8. The lowest BCUT2D eigenvalue weighted by atomic mass is 9.97. The molecule has 1 rings (SSSR count). The largest absolute Gasteiger partial charge is 0.444 e.